The van der Waals surface area contributed by atoms with Crippen LogP contribution in [0.15, 0.2) is 24.3 Å². The van der Waals surface area contributed by atoms with Gasteiger partial charge in [0.1, 0.15) is 0 Å². The fourth-order valence-electron chi connectivity index (χ4n) is 4.05. The van der Waals surface area contributed by atoms with Crippen molar-refractivity contribution in [3.63, 3.8) is 0 Å². The second kappa shape index (κ2) is 8.65. The van der Waals surface area contributed by atoms with Gasteiger partial charge in [0, 0.05) is 37.8 Å². The molecule has 0 radical (unpaired) electrons. The summed E-state index contributed by atoms with van der Waals surface area (Å²) in [4.78, 5) is 4.92. The van der Waals surface area contributed by atoms with Crippen LogP contribution in [0, 0.1) is 0 Å². The number of hydrogen-bond donors (Lipinski definition) is 0. The van der Waals surface area contributed by atoms with Gasteiger partial charge in [0.15, 0.2) is 5.82 Å². The van der Waals surface area contributed by atoms with E-state index in [0.29, 0.717) is 6.54 Å². The Labute approximate surface area is 165 Å². The minimum Gasteiger partial charge on any atom is -0.376 e. The van der Waals surface area contributed by atoms with Crippen molar-refractivity contribution in [3.05, 3.63) is 40.7 Å². The van der Waals surface area contributed by atoms with Gasteiger partial charge in [0.25, 0.3) is 0 Å². The normalized spacial score (nSPS) is 23.0. The third kappa shape index (κ3) is 4.16. The molecule has 2 aromatic rings. The van der Waals surface area contributed by atoms with E-state index in [1.165, 1.54) is 0 Å². The molecule has 1 aromatic carbocycles. The van der Waals surface area contributed by atoms with E-state index in [2.05, 4.69) is 38.3 Å². The van der Waals surface area contributed by atoms with Gasteiger partial charge in [0.05, 0.1) is 18.7 Å². The Balaban J connectivity index is 1.64. The van der Waals surface area contributed by atoms with Crippen molar-refractivity contribution in [1.82, 2.24) is 30.0 Å². The Hall–Kier alpha value is -1.54. The quantitative estimate of drug-likeness (QED) is 0.753. The molecule has 0 spiro atoms. The van der Waals surface area contributed by atoms with Crippen LogP contribution in [0.2, 0.25) is 5.02 Å². The van der Waals surface area contributed by atoms with E-state index < -0.39 is 0 Å². The molecule has 0 amide bonds. The minimum atomic E-state index is -0.0471. The predicted octanol–water partition coefficient (Wildman–Crippen LogP) is 2.23. The number of nitrogens with zero attached hydrogens (tertiary/aromatic N) is 6. The van der Waals surface area contributed by atoms with Crippen molar-refractivity contribution in [2.24, 2.45) is 0 Å². The smallest absolute Gasteiger partial charge is 0.173 e. The number of aromatic nitrogens is 4. The highest BCUT2D eigenvalue weighted by molar-refractivity contribution is 6.31. The first kappa shape index (κ1) is 18.8. The molecule has 146 valence electrons. The van der Waals surface area contributed by atoms with E-state index in [0.717, 1.165) is 68.6 Å². The van der Waals surface area contributed by atoms with Crippen molar-refractivity contribution in [1.29, 1.82) is 0 Å². The lowest BCUT2D eigenvalue weighted by atomic mass is 10.0. The van der Waals surface area contributed by atoms with Gasteiger partial charge in [-0.1, -0.05) is 36.7 Å². The molecule has 3 heterocycles. The number of rotatable bonds is 6. The lowest BCUT2D eigenvalue weighted by Gasteiger charge is -2.38. The monoisotopic (exact) mass is 390 g/mol. The summed E-state index contributed by atoms with van der Waals surface area (Å²) in [6, 6.07) is 7.98. The van der Waals surface area contributed by atoms with E-state index in [1.807, 2.05) is 22.9 Å². The summed E-state index contributed by atoms with van der Waals surface area (Å²) >= 11 is 6.59. The highest BCUT2D eigenvalue weighted by Gasteiger charge is 2.32. The van der Waals surface area contributed by atoms with Crippen LogP contribution >= 0.6 is 11.6 Å². The van der Waals surface area contributed by atoms with Crippen LogP contribution in [0.25, 0.3) is 0 Å². The third-order valence-electron chi connectivity index (χ3n) is 5.62. The van der Waals surface area contributed by atoms with Crippen molar-refractivity contribution >= 4 is 11.6 Å². The third-order valence-corrected chi connectivity index (χ3v) is 5.97. The number of piperazine rings is 1. The molecule has 0 N–H and O–H groups in total. The molecule has 0 bridgehead atoms. The number of ether oxygens (including phenoxy) is 1. The number of hydrogen-bond acceptors (Lipinski definition) is 6. The highest BCUT2D eigenvalue weighted by atomic mass is 35.5. The lowest BCUT2D eigenvalue weighted by Crippen LogP contribution is -2.48. The summed E-state index contributed by atoms with van der Waals surface area (Å²) in [6.45, 7) is 8.85. The van der Waals surface area contributed by atoms with Gasteiger partial charge in [-0.15, -0.1) is 5.10 Å². The van der Waals surface area contributed by atoms with E-state index in [9.17, 15) is 0 Å². The van der Waals surface area contributed by atoms with Crippen LogP contribution in [-0.2, 0) is 11.3 Å². The molecule has 1 aromatic heterocycles. The summed E-state index contributed by atoms with van der Waals surface area (Å²) < 4.78 is 7.71. The Morgan fingerprint density at radius 2 is 2.04 bits per heavy atom. The van der Waals surface area contributed by atoms with Gasteiger partial charge in [0.2, 0.25) is 0 Å². The zero-order valence-corrected chi connectivity index (χ0v) is 16.6. The average molecular weight is 391 g/mol. The van der Waals surface area contributed by atoms with Crippen molar-refractivity contribution in [2.45, 2.75) is 38.5 Å². The fourth-order valence-corrected chi connectivity index (χ4v) is 4.29. The zero-order chi connectivity index (χ0) is 18.6. The minimum absolute atomic E-state index is 0.0471. The maximum atomic E-state index is 6.59. The van der Waals surface area contributed by atoms with E-state index in [4.69, 9.17) is 16.3 Å². The average Bonchev–Trinajstić information content (AvgIpc) is 3.37. The Morgan fingerprint density at radius 1 is 1.22 bits per heavy atom. The Kier molecular flexibility index (Phi) is 6.02. The zero-order valence-electron chi connectivity index (χ0n) is 15.8. The molecule has 2 aliphatic heterocycles. The number of tetrazole rings is 1. The SMILES string of the molecule is CCN1CCN([C@@H](c2ccccc2Cl)c2nnnn2C[C@@H]2CCCO2)CC1. The lowest BCUT2D eigenvalue weighted by molar-refractivity contribution is 0.0861. The van der Waals surface area contributed by atoms with E-state index in [-0.39, 0.29) is 12.1 Å². The second-order valence-electron chi connectivity index (χ2n) is 7.25. The molecule has 0 saturated carbocycles. The molecule has 8 heteroatoms. The first-order chi connectivity index (χ1) is 13.3. The molecule has 0 aliphatic carbocycles. The highest BCUT2D eigenvalue weighted by Crippen LogP contribution is 2.33. The topological polar surface area (TPSA) is 59.3 Å². The first-order valence-electron chi connectivity index (χ1n) is 9.84. The van der Waals surface area contributed by atoms with Gasteiger partial charge in [-0.25, -0.2) is 4.68 Å². The van der Waals surface area contributed by atoms with Crippen molar-refractivity contribution in [3.8, 4) is 0 Å². The molecule has 0 unspecified atom stereocenters. The van der Waals surface area contributed by atoms with E-state index >= 15 is 0 Å². The molecule has 2 aliphatic rings. The molecule has 4 rings (SSSR count). The molecule has 2 fully saturated rings. The van der Waals surface area contributed by atoms with Crippen LogP contribution in [0.1, 0.15) is 37.2 Å². The van der Waals surface area contributed by atoms with Gasteiger partial charge >= 0.3 is 0 Å². The molecule has 7 nitrogen and oxygen atoms in total. The van der Waals surface area contributed by atoms with Crippen LogP contribution in [0.3, 0.4) is 0 Å². The molecular formula is C19H27ClN6O. The van der Waals surface area contributed by atoms with Gasteiger partial charge < -0.3 is 9.64 Å². The summed E-state index contributed by atoms with van der Waals surface area (Å²) in [5, 5.41) is 13.4. The summed E-state index contributed by atoms with van der Waals surface area (Å²) in [7, 11) is 0. The first-order valence-corrected chi connectivity index (χ1v) is 10.2. The molecular weight excluding hydrogens is 364 g/mol. The van der Waals surface area contributed by atoms with Gasteiger partial charge in [-0.2, -0.15) is 0 Å². The second-order valence-corrected chi connectivity index (χ2v) is 7.66. The maximum absolute atomic E-state index is 6.59. The van der Waals surface area contributed by atoms with Gasteiger partial charge in [-0.05, 0) is 41.4 Å². The Morgan fingerprint density at radius 3 is 2.74 bits per heavy atom. The summed E-state index contributed by atoms with van der Waals surface area (Å²) in [5.74, 6) is 0.851. The fraction of sp³-hybridized carbons (Fsp3) is 0.632. The van der Waals surface area contributed by atoms with Crippen LogP contribution in [0.4, 0.5) is 0 Å². The van der Waals surface area contributed by atoms with Crippen LogP contribution < -0.4 is 0 Å². The summed E-state index contributed by atoms with van der Waals surface area (Å²) in [6.07, 6.45) is 2.36. The molecule has 2 saturated heterocycles. The van der Waals surface area contributed by atoms with Crippen molar-refractivity contribution < 1.29 is 4.74 Å². The Bertz CT molecular complexity index is 739. The summed E-state index contributed by atoms with van der Waals surface area (Å²) in [5.41, 5.74) is 1.06. The van der Waals surface area contributed by atoms with E-state index in [1.54, 1.807) is 0 Å². The number of halogens is 1. The maximum Gasteiger partial charge on any atom is 0.173 e. The van der Waals surface area contributed by atoms with Crippen LogP contribution in [-0.4, -0.2) is 75.4 Å². The number of benzene rings is 1. The molecule has 27 heavy (non-hydrogen) atoms. The largest absolute Gasteiger partial charge is 0.376 e. The molecule has 2 atom stereocenters. The predicted molar refractivity (Wildman–Crippen MR) is 104 cm³/mol. The van der Waals surface area contributed by atoms with Crippen molar-refractivity contribution in [2.75, 3.05) is 39.3 Å². The standard InChI is InChI=1S/C19H27ClN6O/c1-2-24-9-11-25(12-10-24)18(16-7-3-4-8-17(16)20)19-21-22-23-26(19)14-15-6-5-13-27-15/h3-4,7-8,15,18H,2,5-6,9-14H2,1H3/t15-,18-/m0/s1. The number of likely N-dealkylation sites (N-methyl/N-ethyl adjacent to an activating group) is 1. The van der Waals surface area contributed by atoms with Gasteiger partial charge in [-0.3, -0.25) is 4.90 Å². The van der Waals surface area contributed by atoms with Crippen LogP contribution in [0.5, 0.6) is 0 Å².